The zero-order valence-electron chi connectivity index (χ0n) is 10.3. The summed E-state index contributed by atoms with van der Waals surface area (Å²) in [7, 11) is 1.54. The van der Waals surface area contributed by atoms with Crippen LogP contribution in [0.2, 0.25) is 0 Å². The van der Waals surface area contributed by atoms with E-state index in [2.05, 4.69) is 15.3 Å². The summed E-state index contributed by atoms with van der Waals surface area (Å²) in [6.45, 7) is 1.51. The van der Waals surface area contributed by atoms with Crippen LogP contribution in [0, 0.1) is 22.9 Å². The van der Waals surface area contributed by atoms with Crippen LogP contribution < -0.4 is 5.32 Å². The van der Waals surface area contributed by atoms with E-state index in [9.17, 15) is 14.5 Å². The second-order valence-corrected chi connectivity index (χ2v) is 3.85. The third kappa shape index (κ3) is 2.49. The zero-order valence-corrected chi connectivity index (χ0v) is 10.3. The monoisotopic (exact) mass is 262 g/mol. The van der Waals surface area contributed by atoms with Gasteiger partial charge in [-0.05, 0) is 6.92 Å². The van der Waals surface area contributed by atoms with Gasteiger partial charge in [-0.2, -0.15) is 0 Å². The molecule has 0 saturated carbocycles. The Bertz CT molecular complexity index is 646. The van der Waals surface area contributed by atoms with E-state index in [0.29, 0.717) is 5.56 Å². The minimum Gasteiger partial charge on any atom is -0.371 e. The molecule has 0 spiro atoms. The maximum atomic E-state index is 13.6. The molecule has 0 unspecified atom stereocenters. The molecule has 0 aliphatic rings. The number of nitro groups is 1. The first-order chi connectivity index (χ1) is 9.02. The van der Waals surface area contributed by atoms with Gasteiger partial charge in [0, 0.05) is 24.7 Å². The van der Waals surface area contributed by atoms with E-state index in [0.717, 1.165) is 0 Å². The summed E-state index contributed by atoms with van der Waals surface area (Å²) in [4.78, 5) is 18.2. The van der Waals surface area contributed by atoms with Gasteiger partial charge in [-0.1, -0.05) is 12.1 Å². The number of aromatic nitrogens is 2. The van der Waals surface area contributed by atoms with Gasteiger partial charge in [0.05, 0.1) is 10.6 Å². The molecule has 0 saturated heterocycles. The Morgan fingerprint density at radius 3 is 2.74 bits per heavy atom. The fourth-order valence-electron chi connectivity index (χ4n) is 1.61. The van der Waals surface area contributed by atoms with Crippen molar-refractivity contribution in [2.75, 3.05) is 12.4 Å². The van der Waals surface area contributed by atoms with Crippen LogP contribution in [0.25, 0.3) is 11.4 Å². The quantitative estimate of drug-likeness (QED) is 0.679. The summed E-state index contributed by atoms with van der Waals surface area (Å²) < 4.78 is 13.6. The lowest BCUT2D eigenvalue weighted by atomic mass is 10.2. The molecule has 0 atom stereocenters. The van der Waals surface area contributed by atoms with Gasteiger partial charge in [0.2, 0.25) is 0 Å². The van der Waals surface area contributed by atoms with Crippen LogP contribution in [0.4, 0.5) is 15.9 Å². The number of aryl methyl sites for hydroxylation is 1. The molecular formula is C12H11FN4O2. The molecule has 0 aliphatic carbocycles. The summed E-state index contributed by atoms with van der Waals surface area (Å²) in [5.41, 5.74) is 0.587. The third-order valence-electron chi connectivity index (χ3n) is 2.57. The molecule has 19 heavy (non-hydrogen) atoms. The normalized spacial score (nSPS) is 10.3. The number of benzene rings is 1. The molecule has 0 amide bonds. The van der Waals surface area contributed by atoms with Gasteiger partial charge in [0.25, 0.3) is 5.69 Å². The van der Waals surface area contributed by atoms with Crippen LogP contribution in [-0.2, 0) is 0 Å². The Hall–Kier alpha value is -2.57. The molecule has 7 heteroatoms. The highest BCUT2D eigenvalue weighted by Gasteiger charge is 2.13. The van der Waals surface area contributed by atoms with E-state index in [1.807, 2.05) is 0 Å². The van der Waals surface area contributed by atoms with E-state index < -0.39 is 10.7 Å². The fourth-order valence-corrected chi connectivity index (χ4v) is 1.61. The maximum absolute atomic E-state index is 13.6. The molecule has 0 radical (unpaired) electrons. The predicted molar refractivity (Wildman–Crippen MR) is 68.4 cm³/mol. The smallest absolute Gasteiger partial charge is 0.270 e. The van der Waals surface area contributed by atoms with E-state index in [4.69, 9.17) is 0 Å². The largest absolute Gasteiger partial charge is 0.371 e. The SMILES string of the molecule is CNc1nc(-c2cccc([N+](=O)[O-])c2)nc(C)c1F. The highest BCUT2D eigenvalue weighted by Crippen LogP contribution is 2.23. The first-order valence-corrected chi connectivity index (χ1v) is 5.49. The number of hydrogen-bond acceptors (Lipinski definition) is 5. The first-order valence-electron chi connectivity index (χ1n) is 5.49. The Morgan fingerprint density at radius 1 is 1.37 bits per heavy atom. The molecule has 1 aromatic carbocycles. The van der Waals surface area contributed by atoms with Crippen molar-refractivity contribution in [1.29, 1.82) is 0 Å². The lowest BCUT2D eigenvalue weighted by Gasteiger charge is -2.07. The van der Waals surface area contributed by atoms with E-state index in [1.165, 1.54) is 25.1 Å². The Morgan fingerprint density at radius 2 is 2.11 bits per heavy atom. The maximum Gasteiger partial charge on any atom is 0.270 e. The van der Waals surface area contributed by atoms with Crippen molar-refractivity contribution in [3.05, 3.63) is 45.9 Å². The zero-order chi connectivity index (χ0) is 14.0. The number of halogens is 1. The molecule has 2 aromatic rings. The summed E-state index contributed by atoms with van der Waals surface area (Å²) in [5.74, 6) is -0.224. The van der Waals surface area contributed by atoms with Crippen LogP contribution in [0.15, 0.2) is 24.3 Å². The fraction of sp³-hybridized carbons (Fsp3) is 0.167. The number of nitrogens with one attached hydrogen (secondary N) is 1. The average Bonchev–Trinajstić information content (AvgIpc) is 2.41. The van der Waals surface area contributed by atoms with E-state index in [1.54, 1.807) is 13.1 Å². The van der Waals surface area contributed by atoms with Gasteiger partial charge < -0.3 is 5.32 Å². The van der Waals surface area contributed by atoms with Crippen molar-refractivity contribution < 1.29 is 9.31 Å². The van der Waals surface area contributed by atoms with Crippen LogP contribution in [-0.4, -0.2) is 21.9 Å². The van der Waals surface area contributed by atoms with Gasteiger partial charge in [-0.3, -0.25) is 10.1 Å². The third-order valence-corrected chi connectivity index (χ3v) is 2.57. The second kappa shape index (κ2) is 4.97. The lowest BCUT2D eigenvalue weighted by molar-refractivity contribution is -0.384. The van der Waals surface area contributed by atoms with Crippen molar-refractivity contribution in [3.8, 4) is 11.4 Å². The molecule has 0 bridgehead atoms. The number of hydrogen-bond donors (Lipinski definition) is 1. The van der Waals surface area contributed by atoms with Crippen molar-refractivity contribution >= 4 is 11.5 Å². The number of non-ortho nitro benzene ring substituents is 1. The van der Waals surface area contributed by atoms with Crippen LogP contribution >= 0.6 is 0 Å². The van der Waals surface area contributed by atoms with Crippen molar-refractivity contribution in [2.45, 2.75) is 6.92 Å². The van der Waals surface area contributed by atoms with Crippen LogP contribution in [0.3, 0.4) is 0 Å². The summed E-state index contributed by atoms with van der Waals surface area (Å²) >= 11 is 0. The number of nitro benzene ring substituents is 1. The summed E-state index contributed by atoms with van der Waals surface area (Å²) in [6.07, 6.45) is 0. The number of rotatable bonds is 3. The van der Waals surface area contributed by atoms with Gasteiger partial charge in [-0.25, -0.2) is 14.4 Å². The minimum atomic E-state index is -0.531. The van der Waals surface area contributed by atoms with E-state index in [-0.39, 0.29) is 23.0 Å². The molecule has 6 nitrogen and oxygen atoms in total. The Balaban J connectivity index is 2.56. The molecule has 2 rings (SSSR count). The lowest BCUT2D eigenvalue weighted by Crippen LogP contribution is -2.03. The molecule has 1 N–H and O–H groups in total. The summed E-state index contributed by atoms with van der Waals surface area (Å²) in [6, 6.07) is 5.90. The second-order valence-electron chi connectivity index (χ2n) is 3.85. The highest BCUT2D eigenvalue weighted by molar-refractivity contribution is 5.61. The Kier molecular flexibility index (Phi) is 3.37. The van der Waals surface area contributed by atoms with Crippen molar-refractivity contribution in [2.24, 2.45) is 0 Å². The topological polar surface area (TPSA) is 81.0 Å². The first kappa shape index (κ1) is 12.9. The van der Waals surface area contributed by atoms with Crippen LogP contribution in [0.5, 0.6) is 0 Å². The average molecular weight is 262 g/mol. The molecular weight excluding hydrogens is 251 g/mol. The van der Waals surface area contributed by atoms with Crippen LogP contribution in [0.1, 0.15) is 5.69 Å². The molecule has 0 aliphatic heterocycles. The van der Waals surface area contributed by atoms with Gasteiger partial charge in [-0.15, -0.1) is 0 Å². The van der Waals surface area contributed by atoms with Gasteiger partial charge >= 0.3 is 0 Å². The molecule has 1 heterocycles. The van der Waals surface area contributed by atoms with E-state index >= 15 is 0 Å². The molecule has 1 aromatic heterocycles. The predicted octanol–water partition coefficient (Wildman–Crippen LogP) is 2.54. The highest BCUT2D eigenvalue weighted by atomic mass is 19.1. The molecule has 98 valence electrons. The Labute approximate surface area is 108 Å². The number of nitrogens with zero attached hydrogens (tertiary/aromatic N) is 3. The van der Waals surface area contributed by atoms with Gasteiger partial charge in [0.15, 0.2) is 17.5 Å². The number of anilines is 1. The standard InChI is InChI=1S/C12H11FN4O2/c1-7-10(13)12(14-2)16-11(15-7)8-4-3-5-9(6-8)17(18)19/h3-6H,1-2H3,(H,14,15,16). The van der Waals surface area contributed by atoms with Crippen molar-refractivity contribution in [3.63, 3.8) is 0 Å². The minimum absolute atomic E-state index is 0.0610. The van der Waals surface area contributed by atoms with Gasteiger partial charge in [0.1, 0.15) is 0 Å². The van der Waals surface area contributed by atoms with Crippen molar-refractivity contribution in [1.82, 2.24) is 9.97 Å². The molecule has 0 fully saturated rings. The summed E-state index contributed by atoms with van der Waals surface area (Å²) in [5, 5.41) is 13.3.